The molecule has 0 spiro atoms. The molecule has 192 valence electrons. The Morgan fingerprint density at radius 1 is 1.00 bits per heavy atom. The van der Waals surface area contributed by atoms with E-state index in [1.165, 1.54) is 45.1 Å². The first-order valence-electron chi connectivity index (χ1n) is 11.8. The third-order valence-electron chi connectivity index (χ3n) is 7.98. The van der Waals surface area contributed by atoms with Gasteiger partial charge >= 0.3 is 11.4 Å². The number of benzene rings is 2. The van der Waals surface area contributed by atoms with Gasteiger partial charge in [0, 0.05) is 11.5 Å². The van der Waals surface area contributed by atoms with Gasteiger partial charge < -0.3 is 14.7 Å². The third-order valence-corrected chi connectivity index (χ3v) is 7.98. The van der Waals surface area contributed by atoms with Crippen molar-refractivity contribution in [1.82, 2.24) is 4.90 Å². The van der Waals surface area contributed by atoms with Gasteiger partial charge in [-0.25, -0.2) is 0 Å². The minimum Gasteiger partial charge on any atom is -0.497 e. The number of piperidine rings is 1. The van der Waals surface area contributed by atoms with E-state index in [0.29, 0.717) is 17.5 Å². The van der Waals surface area contributed by atoms with Crippen LogP contribution in [0.1, 0.15) is 43.2 Å². The lowest BCUT2D eigenvalue weighted by atomic mass is 9.52. The van der Waals surface area contributed by atoms with Crippen molar-refractivity contribution >= 4 is 17.1 Å². The van der Waals surface area contributed by atoms with E-state index in [4.69, 9.17) is 9.84 Å². The number of likely N-dealkylation sites (tertiary alicyclic amines) is 1. The van der Waals surface area contributed by atoms with E-state index in [2.05, 4.69) is 30.1 Å². The number of aromatic hydroxyl groups is 1. The molecule has 1 aliphatic heterocycles. The minimum atomic E-state index is -1.21. The van der Waals surface area contributed by atoms with Gasteiger partial charge in [-0.2, -0.15) is 0 Å². The lowest BCUT2D eigenvalue weighted by molar-refractivity contribution is -0.404. The number of hydrogen-bond donors (Lipinski definition) is 1. The molecule has 2 fully saturated rings. The van der Waals surface area contributed by atoms with Crippen LogP contribution in [-0.2, 0) is 11.8 Å². The molecule has 2 aromatic carbocycles. The van der Waals surface area contributed by atoms with Gasteiger partial charge in [0.2, 0.25) is 0 Å². The molecule has 2 aliphatic carbocycles. The zero-order valence-electron chi connectivity index (χ0n) is 20.1. The summed E-state index contributed by atoms with van der Waals surface area (Å²) < 4.78 is 5.51. The first kappa shape index (κ1) is 25.3. The molecule has 12 nitrogen and oxygen atoms in total. The highest BCUT2D eigenvalue weighted by Gasteiger charge is 2.53. The van der Waals surface area contributed by atoms with Crippen molar-refractivity contribution in [2.24, 2.45) is 5.92 Å². The first-order chi connectivity index (χ1) is 17.1. The lowest BCUT2D eigenvalue weighted by Crippen LogP contribution is -2.59. The zero-order valence-corrected chi connectivity index (χ0v) is 20.1. The Morgan fingerprint density at radius 3 is 2.25 bits per heavy atom. The van der Waals surface area contributed by atoms with Gasteiger partial charge in [-0.1, -0.05) is 18.9 Å². The van der Waals surface area contributed by atoms with Crippen molar-refractivity contribution in [2.75, 3.05) is 20.7 Å². The van der Waals surface area contributed by atoms with Crippen molar-refractivity contribution in [3.63, 3.8) is 0 Å². The molecule has 5 rings (SSSR count). The van der Waals surface area contributed by atoms with E-state index in [1.54, 1.807) is 18.2 Å². The van der Waals surface area contributed by atoms with Crippen LogP contribution in [0.2, 0.25) is 0 Å². The average molecular weight is 501 g/mol. The van der Waals surface area contributed by atoms with E-state index in [0.717, 1.165) is 17.7 Å². The normalized spacial score (nSPS) is 24.4. The monoisotopic (exact) mass is 500 g/mol. The van der Waals surface area contributed by atoms with Gasteiger partial charge in [-0.05, 0) is 68.5 Å². The number of hydrogen-bond acceptors (Lipinski definition) is 9. The number of likely N-dealkylation sites (N-methyl/N-ethyl adjacent to an activating group) is 1. The molecule has 2 bridgehead atoms. The van der Waals surface area contributed by atoms with Crippen LogP contribution in [0.25, 0.3) is 0 Å². The summed E-state index contributed by atoms with van der Waals surface area (Å²) in [6.07, 6.45) is 8.22. The molecule has 0 amide bonds. The van der Waals surface area contributed by atoms with Crippen LogP contribution >= 0.6 is 0 Å². The topological polar surface area (TPSA) is 162 Å². The van der Waals surface area contributed by atoms with Crippen molar-refractivity contribution in [1.29, 1.82) is 0 Å². The number of nitro benzene ring substituents is 3. The largest absolute Gasteiger partial charge is 0.497 e. The van der Waals surface area contributed by atoms with Gasteiger partial charge in [0.25, 0.3) is 11.4 Å². The molecule has 36 heavy (non-hydrogen) atoms. The Kier molecular flexibility index (Phi) is 6.81. The zero-order chi connectivity index (χ0) is 26.2. The summed E-state index contributed by atoms with van der Waals surface area (Å²) >= 11 is 0. The molecule has 12 heteroatoms. The Hall–Kier alpha value is -3.80. The quantitative estimate of drug-likeness (QED) is 0.470. The molecule has 1 saturated carbocycles. The predicted molar refractivity (Wildman–Crippen MR) is 129 cm³/mol. The second-order valence-electron chi connectivity index (χ2n) is 9.64. The fourth-order valence-electron chi connectivity index (χ4n) is 6.28. The van der Waals surface area contributed by atoms with Crippen LogP contribution in [0.4, 0.5) is 17.1 Å². The number of ether oxygens (including phenoxy) is 1. The van der Waals surface area contributed by atoms with Crippen molar-refractivity contribution in [2.45, 2.75) is 50.0 Å². The summed E-state index contributed by atoms with van der Waals surface area (Å²) in [4.78, 5) is 30.4. The van der Waals surface area contributed by atoms with Crippen LogP contribution in [-0.4, -0.2) is 51.5 Å². The molecule has 0 unspecified atom stereocenters. The number of non-ortho nitro benzene ring substituents is 1. The summed E-state index contributed by atoms with van der Waals surface area (Å²) in [5.41, 5.74) is 0.668. The highest BCUT2D eigenvalue weighted by atomic mass is 16.6. The van der Waals surface area contributed by atoms with Gasteiger partial charge in [0.15, 0.2) is 0 Å². The minimum absolute atomic E-state index is 0.447. The number of nitrogens with zero attached hydrogens (tertiary/aromatic N) is 4. The van der Waals surface area contributed by atoms with Gasteiger partial charge in [-0.15, -0.1) is 0 Å². The fourth-order valence-corrected chi connectivity index (χ4v) is 6.28. The maximum atomic E-state index is 10.4. The number of rotatable bonds is 4. The van der Waals surface area contributed by atoms with Gasteiger partial charge in [0.05, 0.1) is 34.0 Å². The lowest BCUT2D eigenvalue weighted by Gasteiger charge is -2.58. The summed E-state index contributed by atoms with van der Waals surface area (Å²) in [7, 11) is 4.12. The van der Waals surface area contributed by atoms with Crippen LogP contribution in [0.5, 0.6) is 11.5 Å². The fraction of sp³-hybridized carbons (Fsp3) is 0.500. The summed E-state index contributed by atoms with van der Waals surface area (Å²) in [5.74, 6) is 0.704. The van der Waals surface area contributed by atoms with Crippen LogP contribution < -0.4 is 4.74 Å². The highest BCUT2D eigenvalue weighted by Crippen LogP contribution is 2.55. The average Bonchev–Trinajstić information content (AvgIpc) is 2.86. The molecular weight excluding hydrogens is 472 g/mol. The standard InChI is InChI=1S/C18H25NO.C6H3N3O7/c1-19-10-9-18-8-4-3-5-15(18)17(19)11-13-6-7-14(20-2)12-16(13)18;10-6-4(8(13)14)1-3(7(11)12)2-5(6)9(15)16/h6-7,12,15,17H,3-5,8-11H2,1-2H3;1-2,10H/t15-,17-,18-;/m0./s1. The van der Waals surface area contributed by atoms with E-state index in [1.807, 2.05) is 0 Å². The summed E-state index contributed by atoms with van der Waals surface area (Å²) in [5, 5.41) is 40.2. The number of phenolic OH excluding ortho intramolecular Hbond substituents is 1. The number of nitro groups is 3. The Balaban J connectivity index is 0.000000175. The molecular formula is C24H28N4O8. The first-order valence-corrected chi connectivity index (χ1v) is 11.8. The van der Waals surface area contributed by atoms with E-state index in [-0.39, 0.29) is 0 Å². The van der Waals surface area contributed by atoms with Crippen molar-refractivity contribution in [3.05, 3.63) is 71.8 Å². The maximum absolute atomic E-state index is 10.4. The number of phenols is 1. The maximum Gasteiger partial charge on any atom is 0.324 e. The molecule has 3 aliphatic rings. The van der Waals surface area contributed by atoms with Gasteiger partial charge in [-0.3, -0.25) is 30.3 Å². The third kappa shape index (κ3) is 4.32. The molecule has 0 radical (unpaired) electrons. The van der Waals surface area contributed by atoms with Gasteiger partial charge in [0.1, 0.15) is 5.75 Å². The summed E-state index contributed by atoms with van der Waals surface area (Å²) in [6.45, 7) is 1.26. The second kappa shape index (κ2) is 9.69. The Morgan fingerprint density at radius 2 is 1.67 bits per heavy atom. The molecule has 1 heterocycles. The Bertz CT molecular complexity index is 1180. The summed E-state index contributed by atoms with van der Waals surface area (Å²) in [6, 6.07) is 8.49. The SMILES string of the molecule is COc1ccc2c(c1)[C@]13CCCC[C@H]1[C@H](C2)N(C)CC3.O=[N+]([O-])c1cc([N+](=O)[O-])c(O)c([N+](=O)[O-])c1. The number of methoxy groups -OCH3 is 1. The van der Waals surface area contributed by atoms with E-state index < -0.39 is 37.6 Å². The predicted octanol–water partition coefficient (Wildman–Crippen LogP) is 4.50. The molecule has 1 saturated heterocycles. The number of fused-ring (bicyclic) bond motifs is 1. The molecule has 1 N–H and O–H groups in total. The van der Waals surface area contributed by atoms with Crippen LogP contribution in [0, 0.1) is 36.3 Å². The van der Waals surface area contributed by atoms with Crippen molar-refractivity contribution < 1.29 is 24.6 Å². The van der Waals surface area contributed by atoms with Crippen LogP contribution in [0.3, 0.4) is 0 Å². The van der Waals surface area contributed by atoms with E-state index >= 15 is 0 Å². The van der Waals surface area contributed by atoms with Crippen molar-refractivity contribution in [3.8, 4) is 11.5 Å². The smallest absolute Gasteiger partial charge is 0.324 e. The second-order valence-corrected chi connectivity index (χ2v) is 9.64. The van der Waals surface area contributed by atoms with E-state index in [9.17, 15) is 30.3 Å². The Labute approximate surface area is 206 Å². The highest BCUT2D eigenvalue weighted by molar-refractivity contribution is 5.64. The van der Waals surface area contributed by atoms with Crippen LogP contribution in [0.15, 0.2) is 30.3 Å². The molecule has 2 aromatic rings. The molecule has 0 aromatic heterocycles. The molecule has 3 atom stereocenters.